The summed E-state index contributed by atoms with van der Waals surface area (Å²) in [6, 6.07) is 0.593. The quantitative estimate of drug-likeness (QED) is 0.875. The van der Waals surface area contributed by atoms with E-state index in [4.69, 9.17) is 4.42 Å². The third-order valence-electron chi connectivity index (χ3n) is 3.09. The van der Waals surface area contributed by atoms with Crippen LogP contribution in [0.25, 0.3) is 0 Å². The summed E-state index contributed by atoms with van der Waals surface area (Å²) in [7, 11) is 0. The largest absolute Gasteiger partial charge is 0.424 e. The molecule has 1 fully saturated rings. The SMILES string of the molecule is CSC1CCCCC1NCc1nnc(C)o1. The van der Waals surface area contributed by atoms with Gasteiger partial charge in [-0.15, -0.1) is 10.2 Å². The maximum atomic E-state index is 5.35. The lowest BCUT2D eigenvalue weighted by Gasteiger charge is -2.30. The van der Waals surface area contributed by atoms with Crippen LogP contribution in [-0.4, -0.2) is 27.7 Å². The number of nitrogens with zero attached hydrogens (tertiary/aromatic N) is 2. The van der Waals surface area contributed by atoms with Gasteiger partial charge in [0.05, 0.1) is 6.54 Å². The molecule has 2 atom stereocenters. The predicted octanol–water partition coefficient (Wildman–Crippen LogP) is 2.14. The molecule has 1 N–H and O–H groups in total. The van der Waals surface area contributed by atoms with Gasteiger partial charge in [-0.25, -0.2) is 0 Å². The Morgan fingerprint density at radius 2 is 2.19 bits per heavy atom. The van der Waals surface area contributed by atoms with Crippen LogP contribution in [0.1, 0.15) is 37.5 Å². The molecule has 0 radical (unpaired) electrons. The Hall–Kier alpha value is -0.550. The summed E-state index contributed by atoms with van der Waals surface area (Å²) in [4.78, 5) is 0. The van der Waals surface area contributed by atoms with E-state index in [0.29, 0.717) is 24.4 Å². The monoisotopic (exact) mass is 241 g/mol. The summed E-state index contributed by atoms with van der Waals surface area (Å²) in [5.41, 5.74) is 0. The molecule has 4 nitrogen and oxygen atoms in total. The summed E-state index contributed by atoms with van der Waals surface area (Å²) < 4.78 is 5.35. The molecule has 2 rings (SSSR count). The van der Waals surface area contributed by atoms with Crippen molar-refractivity contribution in [1.29, 1.82) is 0 Å². The van der Waals surface area contributed by atoms with Crippen LogP contribution < -0.4 is 5.32 Å². The third kappa shape index (κ3) is 2.98. The Morgan fingerprint density at radius 3 is 2.88 bits per heavy atom. The molecule has 0 spiro atoms. The lowest BCUT2D eigenvalue weighted by molar-refractivity contribution is 0.358. The van der Waals surface area contributed by atoms with Crippen LogP contribution in [0.15, 0.2) is 4.42 Å². The van der Waals surface area contributed by atoms with Gasteiger partial charge in [-0.2, -0.15) is 11.8 Å². The molecule has 0 aromatic carbocycles. The van der Waals surface area contributed by atoms with Crippen LogP contribution in [-0.2, 0) is 6.54 Å². The van der Waals surface area contributed by atoms with Crippen molar-refractivity contribution in [2.45, 2.75) is 50.4 Å². The third-order valence-corrected chi connectivity index (χ3v) is 4.26. The average molecular weight is 241 g/mol. The molecule has 1 aromatic heterocycles. The van der Waals surface area contributed by atoms with Gasteiger partial charge in [-0.3, -0.25) is 0 Å². The fourth-order valence-electron chi connectivity index (χ4n) is 2.24. The lowest BCUT2D eigenvalue weighted by atomic mass is 9.95. The maximum absolute atomic E-state index is 5.35. The number of thioether (sulfide) groups is 1. The van der Waals surface area contributed by atoms with Crippen LogP contribution in [0.2, 0.25) is 0 Å². The number of nitrogens with one attached hydrogen (secondary N) is 1. The fraction of sp³-hybridized carbons (Fsp3) is 0.818. The minimum absolute atomic E-state index is 0.593. The molecule has 1 aromatic rings. The second-order valence-electron chi connectivity index (χ2n) is 4.26. The second kappa shape index (κ2) is 5.68. The number of hydrogen-bond acceptors (Lipinski definition) is 5. The topological polar surface area (TPSA) is 51.0 Å². The molecule has 1 saturated carbocycles. The van der Waals surface area contributed by atoms with Gasteiger partial charge in [0.25, 0.3) is 0 Å². The smallest absolute Gasteiger partial charge is 0.230 e. The van der Waals surface area contributed by atoms with Gasteiger partial charge in [0.15, 0.2) is 0 Å². The van der Waals surface area contributed by atoms with Gasteiger partial charge in [0.2, 0.25) is 11.8 Å². The summed E-state index contributed by atoms with van der Waals surface area (Å²) in [6.45, 7) is 2.52. The molecular weight excluding hydrogens is 222 g/mol. The van der Waals surface area contributed by atoms with Crippen LogP contribution in [0.5, 0.6) is 0 Å². The normalized spacial score (nSPS) is 25.9. The van der Waals surface area contributed by atoms with E-state index in [1.54, 1.807) is 0 Å². The van der Waals surface area contributed by atoms with Crippen LogP contribution in [0.4, 0.5) is 0 Å². The molecule has 0 aliphatic heterocycles. The molecule has 90 valence electrons. The number of rotatable bonds is 4. The van der Waals surface area contributed by atoms with Crippen LogP contribution in [0.3, 0.4) is 0 Å². The lowest BCUT2D eigenvalue weighted by Crippen LogP contribution is -2.40. The van der Waals surface area contributed by atoms with Gasteiger partial charge in [0.1, 0.15) is 0 Å². The minimum atomic E-state index is 0.593. The molecule has 0 saturated heterocycles. The Kier molecular flexibility index (Phi) is 4.23. The van der Waals surface area contributed by atoms with Crippen molar-refractivity contribution < 1.29 is 4.42 Å². The maximum Gasteiger partial charge on any atom is 0.230 e. The van der Waals surface area contributed by atoms with Gasteiger partial charge < -0.3 is 9.73 Å². The number of hydrogen-bond donors (Lipinski definition) is 1. The highest BCUT2D eigenvalue weighted by atomic mass is 32.2. The second-order valence-corrected chi connectivity index (χ2v) is 5.34. The van der Waals surface area contributed by atoms with E-state index in [0.717, 1.165) is 5.25 Å². The zero-order valence-corrected chi connectivity index (χ0v) is 10.7. The fourth-order valence-corrected chi connectivity index (χ4v) is 3.20. The van der Waals surface area contributed by atoms with E-state index in [1.165, 1.54) is 25.7 Å². The molecule has 1 aliphatic carbocycles. The first-order valence-corrected chi connectivity index (χ1v) is 7.13. The van der Waals surface area contributed by atoms with Crippen molar-refractivity contribution in [3.8, 4) is 0 Å². The Morgan fingerprint density at radius 1 is 1.38 bits per heavy atom. The first-order valence-electron chi connectivity index (χ1n) is 5.85. The Balaban J connectivity index is 1.84. The van der Waals surface area contributed by atoms with E-state index in [1.807, 2.05) is 18.7 Å². The molecule has 0 bridgehead atoms. The van der Waals surface area contributed by atoms with Crippen molar-refractivity contribution in [3.05, 3.63) is 11.8 Å². The van der Waals surface area contributed by atoms with Crippen molar-refractivity contribution in [2.75, 3.05) is 6.26 Å². The average Bonchev–Trinajstić information content (AvgIpc) is 2.73. The minimum Gasteiger partial charge on any atom is -0.424 e. The zero-order chi connectivity index (χ0) is 11.4. The highest BCUT2D eigenvalue weighted by molar-refractivity contribution is 7.99. The predicted molar refractivity (Wildman–Crippen MR) is 65.4 cm³/mol. The van der Waals surface area contributed by atoms with E-state index in [2.05, 4.69) is 21.8 Å². The Bertz CT molecular complexity index is 329. The highest BCUT2D eigenvalue weighted by Crippen LogP contribution is 2.27. The van der Waals surface area contributed by atoms with Gasteiger partial charge >= 0.3 is 0 Å². The van der Waals surface area contributed by atoms with Crippen molar-refractivity contribution >= 4 is 11.8 Å². The Labute approximate surface area is 101 Å². The molecule has 2 unspecified atom stereocenters. The molecule has 1 heterocycles. The molecular formula is C11H19N3OS. The van der Waals surface area contributed by atoms with Gasteiger partial charge in [0, 0.05) is 18.2 Å². The van der Waals surface area contributed by atoms with Crippen LogP contribution >= 0.6 is 11.8 Å². The summed E-state index contributed by atoms with van der Waals surface area (Å²) in [5, 5.41) is 12.1. The first kappa shape index (κ1) is 11.9. The molecule has 0 amide bonds. The standard InChI is InChI=1S/C11H19N3OS/c1-8-13-14-11(15-8)7-12-9-5-3-4-6-10(9)16-2/h9-10,12H,3-7H2,1-2H3. The highest BCUT2D eigenvalue weighted by Gasteiger charge is 2.24. The van der Waals surface area contributed by atoms with E-state index >= 15 is 0 Å². The van der Waals surface area contributed by atoms with E-state index in [-0.39, 0.29) is 0 Å². The van der Waals surface area contributed by atoms with Gasteiger partial charge in [-0.05, 0) is 19.1 Å². The van der Waals surface area contributed by atoms with Crippen LogP contribution in [0, 0.1) is 6.92 Å². The summed E-state index contributed by atoms with van der Waals surface area (Å²) in [5.74, 6) is 1.34. The summed E-state index contributed by atoms with van der Waals surface area (Å²) >= 11 is 1.97. The van der Waals surface area contributed by atoms with Crippen molar-refractivity contribution in [1.82, 2.24) is 15.5 Å². The first-order chi connectivity index (χ1) is 7.79. The molecule has 1 aliphatic rings. The van der Waals surface area contributed by atoms with Crippen molar-refractivity contribution in [2.24, 2.45) is 0 Å². The summed E-state index contributed by atoms with van der Waals surface area (Å²) in [6.07, 6.45) is 7.47. The van der Waals surface area contributed by atoms with E-state index in [9.17, 15) is 0 Å². The number of aromatic nitrogens is 2. The molecule has 5 heteroatoms. The number of aryl methyl sites for hydroxylation is 1. The molecule has 16 heavy (non-hydrogen) atoms. The van der Waals surface area contributed by atoms with Crippen molar-refractivity contribution in [3.63, 3.8) is 0 Å². The zero-order valence-electron chi connectivity index (χ0n) is 9.90. The van der Waals surface area contributed by atoms with E-state index < -0.39 is 0 Å². The van der Waals surface area contributed by atoms with Gasteiger partial charge in [-0.1, -0.05) is 12.8 Å².